The second-order valence-electron chi connectivity index (χ2n) is 7.45. The Morgan fingerprint density at radius 2 is 1.73 bits per heavy atom. The number of rotatable bonds is 5. The van der Waals surface area contributed by atoms with E-state index in [1.165, 1.54) is 0 Å². The second kappa shape index (κ2) is 7.61. The third kappa shape index (κ3) is 3.62. The fraction of sp³-hybridized carbons (Fsp3) is 0.174. The van der Waals surface area contributed by atoms with E-state index in [0.29, 0.717) is 23.0 Å². The highest BCUT2D eigenvalue weighted by atomic mass is 16.5. The molecular formula is C23H21N5O2. The summed E-state index contributed by atoms with van der Waals surface area (Å²) in [7, 11) is 2.02. The van der Waals surface area contributed by atoms with E-state index in [9.17, 15) is 4.79 Å². The predicted octanol–water partition coefficient (Wildman–Crippen LogP) is 3.23. The summed E-state index contributed by atoms with van der Waals surface area (Å²) in [5.41, 5.74) is 2.59. The molecule has 1 aliphatic rings. The SMILES string of the molecule is CN1CC(NC(=O)c2cc3nc(-c4ccccc4)cc(Oc4ccccc4)n3n2)C1. The number of fused-ring (bicyclic) bond motifs is 1. The summed E-state index contributed by atoms with van der Waals surface area (Å²) in [6.07, 6.45) is 0. The predicted molar refractivity (Wildman–Crippen MR) is 114 cm³/mol. The number of ether oxygens (including phenoxy) is 1. The van der Waals surface area contributed by atoms with E-state index in [4.69, 9.17) is 9.72 Å². The number of hydrogen-bond acceptors (Lipinski definition) is 5. The van der Waals surface area contributed by atoms with Gasteiger partial charge in [0.2, 0.25) is 5.88 Å². The Hall–Kier alpha value is -3.71. The molecule has 1 fully saturated rings. The molecule has 1 N–H and O–H groups in total. The van der Waals surface area contributed by atoms with Crippen LogP contribution in [0.2, 0.25) is 0 Å². The molecule has 5 rings (SSSR count). The van der Waals surface area contributed by atoms with Gasteiger partial charge in [-0.25, -0.2) is 4.98 Å². The molecular weight excluding hydrogens is 378 g/mol. The van der Waals surface area contributed by atoms with Crippen LogP contribution in [-0.2, 0) is 0 Å². The van der Waals surface area contributed by atoms with Gasteiger partial charge in [-0.15, -0.1) is 0 Å². The van der Waals surface area contributed by atoms with Gasteiger partial charge >= 0.3 is 0 Å². The highest BCUT2D eigenvalue weighted by Gasteiger charge is 2.26. The Balaban J connectivity index is 1.54. The van der Waals surface area contributed by atoms with Crippen LogP contribution < -0.4 is 10.1 Å². The number of carbonyl (C=O) groups excluding carboxylic acids is 1. The molecule has 2 aromatic heterocycles. The quantitative estimate of drug-likeness (QED) is 0.558. The number of carbonyl (C=O) groups is 1. The fourth-order valence-corrected chi connectivity index (χ4v) is 3.55. The van der Waals surface area contributed by atoms with Crippen molar-refractivity contribution in [3.05, 3.63) is 78.5 Å². The van der Waals surface area contributed by atoms with Crippen LogP contribution in [0, 0.1) is 0 Å². The molecule has 7 heteroatoms. The van der Waals surface area contributed by atoms with E-state index in [-0.39, 0.29) is 11.9 Å². The molecule has 0 atom stereocenters. The number of hydrogen-bond donors (Lipinski definition) is 1. The lowest BCUT2D eigenvalue weighted by Gasteiger charge is -2.36. The Bertz CT molecular complexity index is 1180. The van der Waals surface area contributed by atoms with Crippen molar-refractivity contribution in [3.63, 3.8) is 0 Å². The van der Waals surface area contributed by atoms with Crippen LogP contribution in [0.1, 0.15) is 10.5 Å². The smallest absolute Gasteiger partial charge is 0.272 e. The summed E-state index contributed by atoms with van der Waals surface area (Å²) >= 11 is 0. The van der Waals surface area contributed by atoms with Crippen molar-refractivity contribution in [2.45, 2.75) is 6.04 Å². The van der Waals surface area contributed by atoms with Crippen molar-refractivity contribution >= 4 is 11.6 Å². The minimum absolute atomic E-state index is 0.153. The first kappa shape index (κ1) is 18.3. The fourth-order valence-electron chi connectivity index (χ4n) is 3.55. The summed E-state index contributed by atoms with van der Waals surface area (Å²) in [6, 6.07) is 23.0. The van der Waals surface area contributed by atoms with Gasteiger partial charge in [0.25, 0.3) is 5.91 Å². The first-order valence-corrected chi connectivity index (χ1v) is 9.84. The van der Waals surface area contributed by atoms with Crippen LogP contribution in [-0.4, -0.2) is 51.6 Å². The van der Waals surface area contributed by atoms with Gasteiger partial charge in [0.05, 0.1) is 11.7 Å². The van der Waals surface area contributed by atoms with Crippen LogP contribution in [0.15, 0.2) is 72.8 Å². The van der Waals surface area contributed by atoms with E-state index >= 15 is 0 Å². The van der Waals surface area contributed by atoms with Crippen molar-refractivity contribution in [2.24, 2.45) is 0 Å². The van der Waals surface area contributed by atoms with Gasteiger partial charge in [0, 0.05) is 30.8 Å². The number of benzene rings is 2. The number of aromatic nitrogens is 3. The molecule has 0 saturated carbocycles. The van der Waals surface area contributed by atoms with Crippen LogP contribution in [0.25, 0.3) is 16.9 Å². The molecule has 1 amide bonds. The van der Waals surface area contributed by atoms with Gasteiger partial charge in [-0.05, 0) is 19.2 Å². The van der Waals surface area contributed by atoms with E-state index in [1.807, 2.05) is 73.8 Å². The molecule has 3 heterocycles. The zero-order chi connectivity index (χ0) is 20.5. The molecule has 0 bridgehead atoms. The molecule has 0 aliphatic carbocycles. The Labute approximate surface area is 173 Å². The van der Waals surface area contributed by atoms with Crippen LogP contribution in [0.4, 0.5) is 0 Å². The summed E-state index contributed by atoms with van der Waals surface area (Å²) in [5, 5.41) is 7.49. The zero-order valence-electron chi connectivity index (χ0n) is 16.5. The monoisotopic (exact) mass is 399 g/mol. The molecule has 1 saturated heterocycles. The number of amides is 1. The summed E-state index contributed by atoms with van der Waals surface area (Å²) in [4.78, 5) is 19.5. The highest BCUT2D eigenvalue weighted by Crippen LogP contribution is 2.27. The van der Waals surface area contributed by atoms with Gasteiger partial charge < -0.3 is 15.0 Å². The topological polar surface area (TPSA) is 71.8 Å². The normalized spacial score (nSPS) is 14.4. The minimum Gasteiger partial charge on any atom is -0.439 e. The molecule has 0 radical (unpaired) electrons. The summed E-state index contributed by atoms with van der Waals surface area (Å²) in [6.45, 7) is 1.69. The third-order valence-corrected chi connectivity index (χ3v) is 5.06. The number of likely N-dealkylation sites (tertiary alicyclic amines) is 1. The lowest BCUT2D eigenvalue weighted by molar-refractivity contribution is 0.0852. The minimum atomic E-state index is -0.203. The summed E-state index contributed by atoms with van der Waals surface area (Å²) in [5.74, 6) is 0.973. The molecule has 1 aliphatic heterocycles. The maximum atomic E-state index is 12.7. The summed E-state index contributed by atoms with van der Waals surface area (Å²) < 4.78 is 7.67. The number of para-hydroxylation sites is 1. The zero-order valence-corrected chi connectivity index (χ0v) is 16.5. The van der Waals surface area contributed by atoms with Crippen molar-refractivity contribution in [1.29, 1.82) is 0 Å². The number of nitrogens with one attached hydrogen (secondary N) is 1. The van der Waals surface area contributed by atoms with E-state index in [1.54, 1.807) is 10.6 Å². The van der Waals surface area contributed by atoms with E-state index < -0.39 is 0 Å². The second-order valence-corrected chi connectivity index (χ2v) is 7.45. The maximum absolute atomic E-state index is 12.7. The van der Waals surface area contributed by atoms with E-state index in [0.717, 1.165) is 24.3 Å². The van der Waals surface area contributed by atoms with Gasteiger partial charge in [0.15, 0.2) is 11.3 Å². The molecule has 2 aromatic carbocycles. The number of likely N-dealkylation sites (N-methyl/N-ethyl adjacent to an activating group) is 1. The standard InChI is InChI=1S/C23H21N5O2/c1-27-14-17(15-27)24-23(29)20-12-21-25-19(16-8-4-2-5-9-16)13-22(28(21)26-20)30-18-10-6-3-7-11-18/h2-13,17H,14-15H2,1H3,(H,24,29). The average Bonchev–Trinajstić information content (AvgIpc) is 3.19. The van der Waals surface area contributed by atoms with Crippen LogP contribution in [0.5, 0.6) is 11.6 Å². The van der Waals surface area contributed by atoms with Gasteiger partial charge in [-0.2, -0.15) is 9.61 Å². The largest absolute Gasteiger partial charge is 0.439 e. The van der Waals surface area contributed by atoms with Gasteiger partial charge in [-0.1, -0.05) is 48.5 Å². The molecule has 30 heavy (non-hydrogen) atoms. The first-order valence-electron chi connectivity index (χ1n) is 9.84. The molecule has 0 spiro atoms. The molecule has 0 unspecified atom stereocenters. The average molecular weight is 399 g/mol. The van der Waals surface area contributed by atoms with Crippen molar-refractivity contribution in [2.75, 3.05) is 20.1 Å². The lowest BCUT2D eigenvalue weighted by atomic mass is 10.1. The Morgan fingerprint density at radius 1 is 1.03 bits per heavy atom. The molecule has 150 valence electrons. The van der Waals surface area contributed by atoms with Crippen molar-refractivity contribution in [3.8, 4) is 22.9 Å². The van der Waals surface area contributed by atoms with Crippen molar-refractivity contribution in [1.82, 2.24) is 24.8 Å². The highest BCUT2D eigenvalue weighted by molar-refractivity contribution is 5.93. The van der Waals surface area contributed by atoms with Crippen LogP contribution >= 0.6 is 0 Å². The third-order valence-electron chi connectivity index (χ3n) is 5.06. The van der Waals surface area contributed by atoms with Gasteiger partial charge in [0.1, 0.15) is 5.75 Å². The van der Waals surface area contributed by atoms with Gasteiger partial charge in [-0.3, -0.25) is 4.79 Å². The molecule has 7 nitrogen and oxygen atoms in total. The lowest BCUT2D eigenvalue weighted by Crippen LogP contribution is -2.57. The Kier molecular flexibility index (Phi) is 4.65. The number of nitrogens with zero attached hydrogens (tertiary/aromatic N) is 4. The first-order chi connectivity index (χ1) is 14.7. The van der Waals surface area contributed by atoms with Crippen molar-refractivity contribution < 1.29 is 9.53 Å². The Morgan fingerprint density at radius 3 is 2.43 bits per heavy atom. The molecule has 4 aromatic rings. The maximum Gasteiger partial charge on any atom is 0.272 e. The van der Waals surface area contributed by atoms with E-state index in [2.05, 4.69) is 15.3 Å². The van der Waals surface area contributed by atoms with Crippen LogP contribution in [0.3, 0.4) is 0 Å².